The summed E-state index contributed by atoms with van der Waals surface area (Å²) in [5, 5.41) is 2.34. The van der Waals surface area contributed by atoms with E-state index in [1.54, 1.807) is 0 Å². The first-order valence-electron chi connectivity index (χ1n) is 3.53. The standard InChI is InChI=1S/C7H9F3N2O2/c1-3-5(14)11-6(8)7(9,10)12-4(2)13/h3,6H,1H2,2H3,(H,11,14)(H,12,13). The van der Waals surface area contributed by atoms with Gasteiger partial charge in [0.25, 0.3) is 6.30 Å². The first-order valence-corrected chi connectivity index (χ1v) is 3.53. The van der Waals surface area contributed by atoms with Gasteiger partial charge < -0.3 is 5.32 Å². The van der Waals surface area contributed by atoms with Crippen molar-refractivity contribution < 1.29 is 22.8 Å². The van der Waals surface area contributed by atoms with Crippen molar-refractivity contribution in [3.63, 3.8) is 0 Å². The summed E-state index contributed by atoms with van der Waals surface area (Å²) in [5.41, 5.74) is 0. The Hall–Kier alpha value is -1.53. The van der Waals surface area contributed by atoms with Crippen LogP contribution in [-0.4, -0.2) is 24.2 Å². The summed E-state index contributed by atoms with van der Waals surface area (Å²) in [6.45, 7) is 3.75. The maximum Gasteiger partial charge on any atom is 0.374 e. The molecule has 1 atom stereocenters. The summed E-state index contributed by atoms with van der Waals surface area (Å²) in [6.07, 6.45) is -2.35. The molecule has 0 aliphatic rings. The minimum atomic E-state index is -4.13. The van der Waals surface area contributed by atoms with Crippen LogP contribution in [0.4, 0.5) is 13.2 Å². The van der Waals surface area contributed by atoms with Gasteiger partial charge in [0.15, 0.2) is 0 Å². The van der Waals surface area contributed by atoms with E-state index in [-0.39, 0.29) is 0 Å². The zero-order chi connectivity index (χ0) is 11.4. The highest BCUT2D eigenvalue weighted by Crippen LogP contribution is 2.15. The van der Waals surface area contributed by atoms with E-state index in [9.17, 15) is 22.8 Å². The fraction of sp³-hybridized carbons (Fsp3) is 0.429. The number of alkyl halides is 3. The van der Waals surface area contributed by atoms with Crippen LogP contribution in [0, 0.1) is 0 Å². The second kappa shape index (κ2) is 4.64. The van der Waals surface area contributed by atoms with Crippen LogP contribution in [-0.2, 0) is 9.59 Å². The van der Waals surface area contributed by atoms with E-state index in [0.717, 1.165) is 12.2 Å². The molecule has 0 rings (SSSR count). The Morgan fingerprint density at radius 2 is 2.00 bits per heavy atom. The Morgan fingerprint density at radius 3 is 2.36 bits per heavy atom. The highest BCUT2D eigenvalue weighted by Gasteiger charge is 2.41. The molecule has 0 aromatic carbocycles. The van der Waals surface area contributed by atoms with Crippen molar-refractivity contribution in [2.75, 3.05) is 0 Å². The Balaban J connectivity index is 4.33. The lowest BCUT2D eigenvalue weighted by Gasteiger charge is -2.20. The molecule has 0 heterocycles. The SMILES string of the molecule is C=CC(=O)NC(F)C(F)(F)NC(C)=O. The lowest BCUT2D eigenvalue weighted by Crippen LogP contribution is -2.54. The maximum absolute atomic E-state index is 12.6. The molecular weight excluding hydrogens is 201 g/mol. The lowest BCUT2D eigenvalue weighted by molar-refractivity contribution is -0.149. The zero-order valence-corrected chi connectivity index (χ0v) is 7.31. The third kappa shape index (κ3) is 3.92. The Kier molecular flexibility index (Phi) is 4.13. The highest BCUT2D eigenvalue weighted by molar-refractivity contribution is 5.87. The van der Waals surface area contributed by atoms with Crippen LogP contribution in [0.15, 0.2) is 12.7 Å². The van der Waals surface area contributed by atoms with Gasteiger partial charge in [-0.05, 0) is 6.08 Å². The number of nitrogens with one attached hydrogen (secondary N) is 2. The van der Waals surface area contributed by atoms with Gasteiger partial charge in [0.1, 0.15) is 0 Å². The third-order valence-corrected chi connectivity index (χ3v) is 1.12. The van der Waals surface area contributed by atoms with Crippen LogP contribution >= 0.6 is 0 Å². The van der Waals surface area contributed by atoms with E-state index in [4.69, 9.17) is 0 Å². The molecule has 0 spiro atoms. The van der Waals surface area contributed by atoms with E-state index in [0.29, 0.717) is 6.08 Å². The molecule has 2 N–H and O–H groups in total. The quantitative estimate of drug-likeness (QED) is 0.518. The number of hydrogen-bond donors (Lipinski definition) is 2. The molecule has 0 aromatic heterocycles. The Bertz CT molecular complexity index is 255. The topological polar surface area (TPSA) is 58.2 Å². The predicted molar refractivity (Wildman–Crippen MR) is 42.0 cm³/mol. The van der Waals surface area contributed by atoms with Gasteiger partial charge in [-0.2, -0.15) is 8.78 Å². The average molecular weight is 210 g/mol. The number of carbonyl (C=O) groups excluding carboxylic acids is 2. The van der Waals surface area contributed by atoms with Crippen molar-refractivity contribution in [1.82, 2.24) is 10.6 Å². The number of amides is 2. The normalized spacial score (nSPS) is 12.9. The van der Waals surface area contributed by atoms with Crippen LogP contribution in [0.1, 0.15) is 6.92 Å². The van der Waals surface area contributed by atoms with Gasteiger partial charge in [-0.1, -0.05) is 6.58 Å². The minimum Gasteiger partial charge on any atom is -0.316 e. The first-order chi connectivity index (χ1) is 6.29. The van der Waals surface area contributed by atoms with Crippen molar-refractivity contribution in [3.05, 3.63) is 12.7 Å². The number of rotatable bonds is 4. The van der Waals surface area contributed by atoms with Crippen molar-refractivity contribution in [2.45, 2.75) is 19.3 Å². The Labute approximate surface area is 78.2 Å². The van der Waals surface area contributed by atoms with Gasteiger partial charge in [0.05, 0.1) is 0 Å². The van der Waals surface area contributed by atoms with Crippen LogP contribution in [0.3, 0.4) is 0 Å². The van der Waals surface area contributed by atoms with Gasteiger partial charge in [-0.3, -0.25) is 14.9 Å². The van der Waals surface area contributed by atoms with E-state index >= 15 is 0 Å². The fourth-order valence-corrected chi connectivity index (χ4v) is 0.573. The van der Waals surface area contributed by atoms with Crippen LogP contribution in [0.2, 0.25) is 0 Å². The molecule has 80 valence electrons. The van der Waals surface area contributed by atoms with E-state index < -0.39 is 24.2 Å². The van der Waals surface area contributed by atoms with Crippen LogP contribution < -0.4 is 10.6 Å². The van der Waals surface area contributed by atoms with Crippen molar-refractivity contribution >= 4 is 11.8 Å². The monoisotopic (exact) mass is 210 g/mol. The molecule has 0 bridgehead atoms. The summed E-state index contributed by atoms with van der Waals surface area (Å²) in [6, 6.07) is -4.13. The molecule has 1 unspecified atom stereocenters. The fourth-order valence-electron chi connectivity index (χ4n) is 0.573. The molecule has 7 heteroatoms. The third-order valence-electron chi connectivity index (χ3n) is 1.12. The second-order valence-electron chi connectivity index (χ2n) is 2.38. The average Bonchev–Trinajstić information content (AvgIpc) is 2.01. The first kappa shape index (κ1) is 12.5. The number of hydrogen-bond acceptors (Lipinski definition) is 2. The summed E-state index contributed by atoms with van der Waals surface area (Å²) >= 11 is 0. The van der Waals surface area contributed by atoms with Gasteiger partial charge in [0.2, 0.25) is 11.8 Å². The van der Waals surface area contributed by atoms with Gasteiger partial charge in [0, 0.05) is 6.92 Å². The summed E-state index contributed by atoms with van der Waals surface area (Å²) < 4.78 is 37.9. The zero-order valence-electron chi connectivity index (χ0n) is 7.31. The summed E-state index contributed by atoms with van der Waals surface area (Å²) in [4.78, 5) is 20.7. The molecule has 2 amide bonds. The minimum absolute atomic E-state index is 0.635. The van der Waals surface area contributed by atoms with E-state index in [1.807, 2.05) is 0 Å². The molecular formula is C7H9F3N2O2. The van der Waals surface area contributed by atoms with Crippen molar-refractivity contribution in [1.29, 1.82) is 0 Å². The second-order valence-corrected chi connectivity index (χ2v) is 2.38. The molecule has 4 nitrogen and oxygen atoms in total. The predicted octanol–water partition coefficient (Wildman–Crippen LogP) is 0.313. The molecule has 0 fully saturated rings. The highest BCUT2D eigenvalue weighted by atomic mass is 19.3. The molecule has 14 heavy (non-hydrogen) atoms. The molecule has 0 saturated heterocycles. The molecule has 0 radical (unpaired) electrons. The van der Waals surface area contributed by atoms with Gasteiger partial charge >= 0.3 is 6.05 Å². The van der Waals surface area contributed by atoms with Crippen molar-refractivity contribution in [2.24, 2.45) is 0 Å². The largest absolute Gasteiger partial charge is 0.374 e. The Morgan fingerprint density at radius 1 is 1.50 bits per heavy atom. The van der Waals surface area contributed by atoms with E-state index in [2.05, 4.69) is 6.58 Å². The van der Waals surface area contributed by atoms with E-state index in [1.165, 1.54) is 5.32 Å². The lowest BCUT2D eigenvalue weighted by atomic mass is 10.4. The smallest absolute Gasteiger partial charge is 0.316 e. The van der Waals surface area contributed by atoms with Crippen molar-refractivity contribution in [3.8, 4) is 0 Å². The maximum atomic E-state index is 12.6. The number of halogens is 3. The van der Waals surface area contributed by atoms with Crippen LogP contribution in [0.25, 0.3) is 0 Å². The molecule has 0 aromatic rings. The summed E-state index contributed by atoms with van der Waals surface area (Å²) in [5.74, 6) is -2.20. The summed E-state index contributed by atoms with van der Waals surface area (Å²) in [7, 11) is 0. The molecule has 0 aliphatic carbocycles. The molecule has 0 aliphatic heterocycles. The van der Waals surface area contributed by atoms with Crippen LogP contribution in [0.5, 0.6) is 0 Å². The van der Waals surface area contributed by atoms with Gasteiger partial charge in [-0.15, -0.1) is 0 Å². The number of carbonyl (C=O) groups is 2. The molecule has 0 saturated carbocycles. The van der Waals surface area contributed by atoms with Gasteiger partial charge in [-0.25, -0.2) is 4.39 Å².